The number of anilines is 2. The SMILES string of the molecule is CC(C)CN1c2ccccc2S(=O)c2cc(CO)ccc21. The third kappa shape index (κ3) is 2.49. The number of aliphatic hydroxyl groups is 1. The maximum absolute atomic E-state index is 12.8. The van der Waals surface area contributed by atoms with Gasteiger partial charge in [-0.05, 0) is 35.7 Å². The molecule has 3 nitrogen and oxygen atoms in total. The third-order valence-electron chi connectivity index (χ3n) is 3.60. The third-order valence-corrected chi connectivity index (χ3v) is 5.07. The number of fused-ring (bicyclic) bond motifs is 2. The van der Waals surface area contributed by atoms with Crippen molar-refractivity contribution >= 4 is 22.2 Å². The molecule has 3 rings (SSSR count). The van der Waals surface area contributed by atoms with Crippen molar-refractivity contribution in [3.05, 3.63) is 48.0 Å². The molecule has 0 aliphatic carbocycles. The Kier molecular flexibility index (Phi) is 3.83. The van der Waals surface area contributed by atoms with E-state index < -0.39 is 10.8 Å². The normalized spacial score (nSPS) is 16.8. The second-order valence-electron chi connectivity index (χ2n) is 5.70. The monoisotopic (exact) mass is 301 g/mol. The van der Waals surface area contributed by atoms with Crippen molar-refractivity contribution in [3.8, 4) is 0 Å². The summed E-state index contributed by atoms with van der Waals surface area (Å²) in [5, 5.41) is 9.32. The Labute approximate surface area is 127 Å². The molecular weight excluding hydrogens is 282 g/mol. The van der Waals surface area contributed by atoms with Crippen LogP contribution < -0.4 is 4.90 Å². The van der Waals surface area contributed by atoms with Crippen molar-refractivity contribution in [1.82, 2.24) is 0 Å². The Morgan fingerprint density at radius 1 is 1.10 bits per heavy atom. The molecule has 1 unspecified atom stereocenters. The van der Waals surface area contributed by atoms with Crippen LogP contribution in [0.25, 0.3) is 0 Å². The van der Waals surface area contributed by atoms with E-state index in [0.29, 0.717) is 5.92 Å². The van der Waals surface area contributed by atoms with Crippen LogP contribution in [0.15, 0.2) is 52.3 Å². The topological polar surface area (TPSA) is 40.5 Å². The minimum absolute atomic E-state index is 0.0314. The van der Waals surface area contributed by atoms with Gasteiger partial charge in [-0.3, -0.25) is 0 Å². The van der Waals surface area contributed by atoms with Crippen LogP contribution in [0.5, 0.6) is 0 Å². The molecule has 4 heteroatoms. The number of rotatable bonds is 3. The highest BCUT2D eigenvalue weighted by molar-refractivity contribution is 7.85. The molecule has 0 aromatic heterocycles. The second-order valence-corrected chi connectivity index (χ2v) is 7.12. The van der Waals surface area contributed by atoms with Gasteiger partial charge in [0.2, 0.25) is 0 Å². The van der Waals surface area contributed by atoms with Gasteiger partial charge in [0, 0.05) is 6.54 Å². The quantitative estimate of drug-likeness (QED) is 0.944. The van der Waals surface area contributed by atoms with E-state index in [4.69, 9.17) is 0 Å². The Hall–Kier alpha value is -1.65. The van der Waals surface area contributed by atoms with E-state index in [9.17, 15) is 9.32 Å². The van der Waals surface area contributed by atoms with E-state index in [1.165, 1.54) is 0 Å². The molecule has 2 aromatic rings. The van der Waals surface area contributed by atoms with Crippen molar-refractivity contribution in [2.24, 2.45) is 5.92 Å². The largest absolute Gasteiger partial charge is 0.392 e. The van der Waals surface area contributed by atoms with Gasteiger partial charge >= 0.3 is 0 Å². The fourth-order valence-corrected chi connectivity index (χ4v) is 4.11. The van der Waals surface area contributed by atoms with Gasteiger partial charge in [0.25, 0.3) is 0 Å². The van der Waals surface area contributed by atoms with Crippen LogP contribution in [0.3, 0.4) is 0 Å². The Morgan fingerprint density at radius 2 is 1.81 bits per heavy atom. The zero-order valence-corrected chi connectivity index (χ0v) is 13.1. The molecule has 0 fully saturated rings. The van der Waals surface area contributed by atoms with E-state index in [1.54, 1.807) is 0 Å². The van der Waals surface area contributed by atoms with Crippen LogP contribution in [-0.4, -0.2) is 15.9 Å². The van der Waals surface area contributed by atoms with Gasteiger partial charge in [0.05, 0.1) is 38.6 Å². The van der Waals surface area contributed by atoms with Gasteiger partial charge in [0.1, 0.15) is 0 Å². The number of hydrogen-bond donors (Lipinski definition) is 1. The first-order chi connectivity index (χ1) is 10.1. The van der Waals surface area contributed by atoms with Crippen LogP contribution in [0, 0.1) is 5.92 Å². The lowest BCUT2D eigenvalue weighted by Crippen LogP contribution is -2.27. The summed E-state index contributed by atoms with van der Waals surface area (Å²) in [6.45, 7) is 5.20. The van der Waals surface area contributed by atoms with Gasteiger partial charge in [-0.25, -0.2) is 4.21 Å². The Morgan fingerprint density at radius 3 is 2.52 bits per heavy atom. The second kappa shape index (κ2) is 5.62. The van der Waals surface area contributed by atoms with Gasteiger partial charge in [-0.2, -0.15) is 0 Å². The molecule has 0 amide bonds. The summed E-state index contributed by atoms with van der Waals surface area (Å²) in [5.74, 6) is 0.495. The number of nitrogens with zero attached hydrogens (tertiary/aromatic N) is 1. The maximum atomic E-state index is 12.8. The Balaban J connectivity index is 2.19. The number of aliphatic hydroxyl groups excluding tert-OH is 1. The molecule has 0 bridgehead atoms. The average molecular weight is 301 g/mol. The molecule has 0 radical (unpaired) electrons. The molecule has 1 heterocycles. The predicted molar refractivity (Wildman–Crippen MR) is 85.3 cm³/mol. The van der Waals surface area contributed by atoms with Gasteiger partial charge < -0.3 is 10.0 Å². The van der Waals surface area contributed by atoms with Gasteiger partial charge in [-0.1, -0.05) is 32.0 Å². The summed E-state index contributed by atoms with van der Waals surface area (Å²) < 4.78 is 12.8. The first-order valence-corrected chi connectivity index (χ1v) is 8.29. The lowest BCUT2D eigenvalue weighted by molar-refractivity contribution is 0.281. The minimum atomic E-state index is -1.19. The lowest BCUT2D eigenvalue weighted by atomic mass is 10.1. The molecule has 21 heavy (non-hydrogen) atoms. The number of hydrogen-bond acceptors (Lipinski definition) is 3. The number of para-hydroxylation sites is 1. The van der Waals surface area contributed by atoms with Gasteiger partial charge in [-0.15, -0.1) is 0 Å². The van der Waals surface area contributed by atoms with Crippen LogP contribution in [0.4, 0.5) is 11.4 Å². The fourth-order valence-electron chi connectivity index (χ4n) is 2.68. The van der Waals surface area contributed by atoms with Crippen molar-refractivity contribution < 1.29 is 9.32 Å². The zero-order chi connectivity index (χ0) is 15.0. The number of benzene rings is 2. The van der Waals surface area contributed by atoms with Crippen molar-refractivity contribution in [3.63, 3.8) is 0 Å². The lowest BCUT2D eigenvalue weighted by Gasteiger charge is -2.34. The highest BCUT2D eigenvalue weighted by Gasteiger charge is 2.28. The predicted octanol–water partition coefficient (Wildman–Crippen LogP) is 3.45. The van der Waals surface area contributed by atoms with Crippen molar-refractivity contribution in [1.29, 1.82) is 0 Å². The molecule has 1 aliphatic rings. The average Bonchev–Trinajstić information content (AvgIpc) is 2.50. The zero-order valence-electron chi connectivity index (χ0n) is 12.2. The summed E-state index contributed by atoms with van der Waals surface area (Å²) in [7, 11) is -1.19. The first-order valence-electron chi connectivity index (χ1n) is 7.14. The van der Waals surface area contributed by atoms with Crippen LogP contribution >= 0.6 is 0 Å². The molecule has 0 saturated carbocycles. The van der Waals surface area contributed by atoms with E-state index in [2.05, 4.69) is 18.7 Å². The van der Waals surface area contributed by atoms with E-state index in [-0.39, 0.29) is 6.61 Å². The molecule has 1 atom stereocenters. The van der Waals surface area contributed by atoms with Crippen LogP contribution in [0.2, 0.25) is 0 Å². The molecule has 2 aromatic carbocycles. The Bertz CT molecular complexity index is 697. The van der Waals surface area contributed by atoms with Crippen molar-refractivity contribution in [2.45, 2.75) is 30.2 Å². The molecule has 1 N–H and O–H groups in total. The summed E-state index contributed by atoms with van der Waals surface area (Å²) in [4.78, 5) is 3.87. The summed E-state index contributed by atoms with van der Waals surface area (Å²) in [6.07, 6.45) is 0. The standard InChI is InChI=1S/C17H19NO2S/c1-12(2)10-18-14-5-3-4-6-16(14)21(20)17-9-13(11-19)7-8-15(17)18/h3-9,12,19H,10-11H2,1-2H3. The summed E-state index contributed by atoms with van der Waals surface area (Å²) in [6, 6.07) is 13.6. The van der Waals surface area contributed by atoms with Gasteiger partial charge in [0.15, 0.2) is 0 Å². The smallest absolute Gasteiger partial charge is 0.0892 e. The molecule has 110 valence electrons. The summed E-state index contributed by atoms with van der Waals surface area (Å²) in [5.41, 5.74) is 2.80. The van der Waals surface area contributed by atoms with Crippen molar-refractivity contribution in [2.75, 3.05) is 11.4 Å². The molecule has 0 spiro atoms. The minimum Gasteiger partial charge on any atom is -0.392 e. The van der Waals surface area contributed by atoms with Crippen LogP contribution in [0.1, 0.15) is 19.4 Å². The molecule has 1 aliphatic heterocycles. The summed E-state index contributed by atoms with van der Waals surface area (Å²) >= 11 is 0. The highest BCUT2D eigenvalue weighted by Crippen LogP contribution is 2.42. The van der Waals surface area contributed by atoms with E-state index in [0.717, 1.165) is 33.3 Å². The molecular formula is C17H19NO2S. The first kappa shape index (κ1) is 14.3. The van der Waals surface area contributed by atoms with Crippen LogP contribution in [-0.2, 0) is 17.4 Å². The van der Waals surface area contributed by atoms with E-state index >= 15 is 0 Å². The highest BCUT2D eigenvalue weighted by atomic mass is 32.2. The maximum Gasteiger partial charge on any atom is 0.0892 e. The molecule has 0 saturated heterocycles. The van der Waals surface area contributed by atoms with E-state index in [1.807, 2.05) is 42.5 Å². The fraction of sp³-hybridized carbons (Fsp3) is 0.294.